The second-order valence-corrected chi connectivity index (χ2v) is 8.18. The molecule has 0 aromatic carbocycles. The van der Waals surface area contributed by atoms with Crippen LogP contribution < -0.4 is 5.32 Å². The fourth-order valence-corrected chi connectivity index (χ4v) is 3.80. The van der Waals surface area contributed by atoms with Crippen molar-refractivity contribution in [3.63, 3.8) is 0 Å². The van der Waals surface area contributed by atoms with Crippen molar-refractivity contribution >= 4 is 5.91 Å². The van der Waals surface area contributed by atoms with E-state index < -0.39 is 0 Å². The Bertz CT molecular complexity index is 788. The quantitative estimate of drug-likeness (QED) is 0.848. The third-order valence-electron chi connectivity index (χ3n) is 5.65. The van der Waals surface area contributed by atoms with Gasteiger partial charge in [0.25, 0.3) is 0 Å². The molecule has 0 spiro atoms. The van der Waals surface area contributed by atoms with Crippen molar-refractivity contribution in [3.8, 4) is 0 Å². The highest BCUT2D eigenvalue weighted by atomic mass is 16.1. The molecule has 146 valence electrons. The molecule has 27 heavy (non-hydrogen) atoms. The summed E-state index contributed by atoms with van der Waals surface area (Å²) in [4.78, 5) is 14.5. The van der Waals surface area contributed by atoms with Crippen LogP contribution in [0.15, 0.2) is 18.5 Å². The van der Waals surface area contributed by atoms with Crippen molar-refractivity contribution in [2.45, 2.75) is 71.8 Å². The maximum atomic E-state index is 12.0. The highest BCUT2D eigenvalue weighted by molar-refractivity contribution is 5.79. The second-order valence-electron chi connectivity index (χ2n) is 8.18. The van der Waals surface area contributed by atoms with Gasteiger partial charge in [-0.1, -0.05) is 6.42 Å². The molecule has 4 rings (SSSR count). The number of rotatable bonds is 6. The lowest BCUT2D eigenvalue weighted by molar-refractivity contribution is -0.127. The lowest BCUT2D eigenvalue weighted by Crippen LogP contribution is -2.34. The van der Waals surface area contributed by atoms with Gasteiger partial charge in [-0.05, 0) is 39.2 Å². The number of hydrogen-bond donors (Lipinski definition) is 1. The first-order chi connectivity index (χ1) is 13.1. The Labute approximate surface area is 160 Å². The van der Waals surface area contributed by atoms with Gasteiger partial charge in [-0.15, -0.1) is 0 Å². The summed E-state index contributed by atoms with van der Waals surface area (Å²) in [5.74, 6) is 0.418. The lowest BCUT2D eigenvalue weighted by Gasteiger charge is -2.23. The molecule has 0 atom stereocenters. The molecule has 0 radical (unpaired) electrons. The number of amides is 1. The Morgan fingerprint density at radius 2 is 2.15 bits per heavy atom. The fraction of sp³-hybridized carbons (Fsp3) is 0.650. The monoisotopic (exact) mass is 370 g/mol. The third-order valence-corrected chi connectivity index (χ3v) is 5.65. The molecule has 1 aliphatic carbocycles. The van der Waals surface area contributed by atoms with E-state index in [1.54, 1.807) is 0 Å². The molecule has 2 aromatic heterocycles. The average Bonchev–Trinajstić information content (AvgIpc) is 3.15. The average molecular weight is 371 g/mol. The Balaban J connectivity index is 1.36. The van der Waals surface area contributed by atoms with Crippen LogP contribution in [0.1, 0.15) is 62.5 Å². The van der Waals surface area contributed by atoms with Crippen molar-refractivity contribution < 1.29 is 4.79 Å². The molecular formula is C20H30N6O. The van der Waals surface area contributed by atoms with Crippen LogP contribution in [0.25, 0.3) is 0 Å². The van der Waals surface area contributed by atoms with E-state index in [1.807, 2.05) is 10.9 Å². The molecule has 1 N–H and O–H groups in total. The highest BCUT2D eigenvalue weighted by Gasteiger charge is 2.25. The van der Waals surface area contributed by atoms with E-state index in [1.165, 1.54) is 17.7 Å². The molecule has 0 unspecified atom stereocenters. The Hall–Kier alpha value is -2.15. The number of carbonyl (C=O) groups excluding carboxylic acids is 1. The molecule has 3 heterocycles. The van der Waals surface area contributed by atoms with Gasteiger partial charge in [0.15, 0.2) is 0 Å². The first-order valence-corrected chi connectivity index (χ1v) is 10.2. The largest absolute Gasteiger partial charge is 0.350 e. The molecule has 1 fully saturated rings. The molecule has 2 aromatic rings. The summed E-state index contributed by atoms with van der Waals surface area (Å²) in [6, 6.07) is 2.54. The minimum atomic E-state index is 0.188. The van der Waals surface area contributed by atoms with Crippen molar-refractivity contribution in [2.24, 2.45) is 5.92 Å². The van der Waals surface area contributed by atoms with Gasteiger partial charge < -0.3 is 5.32 Å². The molecule has 2 aliphatic rings. The summed E-state index contributed by atoms with van der Waals surface area (Å²) in [6.45, 7) is 8.62. The predicted octanol–water partition coefficient (Wildman–Crippen LogP) is 2.48. The van der Waals surface area contributed by atoms with Crippen LogP contribution in [0.5, 0.6) is 0 Å². The van der Waals surface area contributed by atoms with Crippen LogP contribution in [-0.4, -0.2) is 36.9 Å². The van der Waals surface area contributed by atoms with Crippen molar-refractivity contribution in [2.75, 3.05) is 6.54 Å². The van der Waals surface area contributed by atoms with Gasteiger partial charge in [0.1, 0.15) is 0 Å². The van der Waals surface area contributed by atoms with E-state index in [-0.39, 0.29) is 11.8 Å². The molecule has 7 nitrogen and oxygen atoms in total. The van der Waals surface area contributed by atoms with Gasteiger partial charge >= 0.3 is 0 Å². The van der Waals surface area contributed by atoms with Crippen LogP contribution in [0.2, 0.25) is 0 Å². The fourth-order valence-electron chi connectivity index (χ4n) is 3.80. The summed E-state index contributed by atoms with van der Waals surface area (Å²) >= 11 is 0. The van der Waals surface area contributed by atoms with Crippen LogP contribution in [0, 0.1) is 5.92 Å². The number of hydrogen-bond acceptors (Lipinski definition) is 4. The van der Waals surface area contributed by atoms with E-state index in [2.05, 4.69) is 46.1 Å². The summed E-state index contributed by atoms with van der Waals surface area (Å²) in [5, 5.41) is 12.2. The lowest BCUT2D eigenvalue weighted by atomic mass is 9.85. The zero-order chi connectivity index (χ0) is 18.8. The van der Waals surface area contributed by atoms with E-state index in [0.29, 0.717) is 12.6 Å². The Morgan fingerprint density at radius 1 is 1.30 bits per heavy atom. The van der Waals surface area contributed by atoms with Gasteiger partial charge in [0.2, 0.25) is 5.91 Å². The summed E-state index contributed by atoms with van der Waals surface area (Å²) in [5.41, 5.74) is 3.45. The van der Waals surface area contributed by atoms with E-state index in [0.717, 1.165) is 51.1 Å². The van der Waals surface area contributed by atoms with Crippen LogP contribution in [-0.2, 0) is 31.0 Å². The molecule has 1 aliphatic heterocycles. The highest BCUT2D eigenvalue weighted by Crippen LogP contribution is 2.26. The topological polar surface area (TPSA) is 68.0 Å². The van der Waals surface area contributed by atoms with Gasteiger partial charge in [0, 0.05) is 49.9 Å². The number of nitrogens with zero attached hydrogens (tertiary/aromatic N) is 5. The van der Waals surface area contributed by atoms with Gasteiger partial charge in [0.05, 0.1) is 24.1 Å². The maximum Gasteiger partial charge on any atom is 0.223 e. The minimum absolute atomic E-state index is 0.188. The molecular weight excluding hydrogens is 340 g/mol. The predicted molar refractivity (Wildman–Crippen MR) is 103 cm³/mol. The normalized spacial score (nSPS) is 18.2. The smallest absolute Gasteiger partial charge is 0.223 e. The standard InChI is InChI=1S/C20H30N6O/c1-15(2)26-13-16(10-22-26)12-24-7-4-8-25-19(14-24)9-18(23-25)11-21-20(27)17-5-3-6-17/h9-10,13,15,17H,3-8,11-12,14H2,1-2H3,(H,21,27). The number of carbonyl (C=O) groups is 1. The SMILES string of the molecule is CC(C)n1cc(CN2CCCn3nc(CNC(=O)C4CCC4)cc3C2)cn1. The van der Waals surface area contributed by atoms with Crippen LogP contribution in [0.3, 0.4) is 0 Å². The molecule has 0 saturated heterocycles. The summed E-state index contributed by atoms with van der Waals surface area (Å²) < 4.78 is 4.13. The zero-order valence-corrected chi connectivity index (χ0v) is 16.4. The van der Waals surface area contributed by atoms with E-state index >= 15 is 0 Å². The van der Waals surface area contributed by atoms with Crippen molar-refractivity contribution in [1.82, 2.24) is 29.8 Å². The number of aromatic nitrogens is 4. The number of fused-ring (bicyclic) bond motifs is 1. The third kappa shape index (κ3) is 4.24. The summed E-state index contributed by atoms with van der Waals surface area (Å²) in [6.07, 6.45) is 8.46. The molecule has 7 heteroatoms. The first-order valence-electron chi connectivity index (χ1n) is 10.2. The number of aryl methyl sites for hydroxylation is 1. The minimum Gasteiger partial charge on any atom is -0.350 e. The van der Waals surface area contributed by atoms with Gasteiger partial charge in [-0.2, -0.15) is 10.2 Å². The number of nitrogens with one attached hydrogen (secondary N) is 1. The first kappa shape index (κ1) is 18.2. The van der Waals surface area contributed by atoms with Crippen molar-refractivity contribution in [3.05, 3.63) is 35.4 Å². The molecule has 1 saturated carbocycles. The van der Waals surface area contributed by atoms with Crippen LogP contribution >= 0.6 is 0 Å². The van der Waals surface area contributed by atoms with E-state index in [9.17, 15) is 4.79 Å². The van der Waals surface area contributed by atoms with Gasteiger partial charge in [-0.3, -0.25) is 19.1 Å². The second kappa shape index (κ2) is 7.84. The Kier molecular flexibility index (Phi) is 5.29. The van der Waals surface area contributed by atoms with Crippen molar-refractivity contribution in [1.29, 1.82) is 0 Å². The maximum absolute atomic E-state index is 12.0. The zero-order valence-electron chi connectivity index (χ0n) is 16.4. The van der Waals surface area contributed by atoms with Gasteiger partial charge in [-0.25, -0.2) is 0 Å². The van der Waals surface area contributed by atoms with E-state index in [4.69, 9.17) is 5.10 Å². The van der Waals surface area contributed by atoms with Crippen LogP contribution in [0.4, 0.5) is 0 Å². The summed E-state index contributed by atoms with van der Waals surface area (Å²) in [7, 11) is 0. The Morgan fingerprint density at radius 3 is 2.85 bits per heavy atom. The molecule has 0 bridgehead atoms. The molecule has 1 amide bonds.